The molecule has 2 rings (SSSR count). The Hall–Kier alpha value is -1.49. The van der Waals surface area contributed by atoms with E-state index in [0.29, 0.717) is 5.52 Å². The van der Waals surface area contributed by atoms with Gasteiger partial charge in [-0.15, -0.1) is 11.3 Å². The quantitative estimate of drug-likeness (QED) is 0.913. The maximum atomic E-state index is 13.0. The first-order valence-corrected chi connectivity index (χ1v) is 6.09. The molecule has 0 saturated heterocycles. The van der Waals surface area contributed by atoms with E-state index in [9.17, 15) is 9.18 Å². The number of aliphatic carboxylic acids is 1. The van der Waals surface area contributed by atoms with Crippen molar-refractivity contribution in [3.8, 4) is 0 Å². The lowest BCUT2D eigenvalue weighted by atomic mass is 9.97. The highest BCUT2D eigenvalue weighted by Gasteiger charge is 2.23. The molecule has 0 saturated carbocycles. The van der Waals surface area contributed by atoms with Crippen molar-refractivity contribution in [3.05, 3.63) is 29.0 Å². The van der Waals surface area contributed by atoms with Gasteiger partial charge in [0.05, 0.1) is 21.1 Å². The first-order valence-electron chi connectivity index (χ1n) is 5.28. The molecule has 0 fully saturated rings. The van der Waals surface area contributed by atoms with Gasteiger partial charge in [-0.05, 0) is 12.1 Å². The standard InChI is InChI=1S/C12H12FNO2S/c1-6(7(2)12(15)16)11-14-9-5-8(13)3-4-10(9)17-11/h3-7H,1-2H3,(H,15,16). The maximum Gasteiger partial charge on any atom is 0.306 e. The van der Waals surface area contributed by atoms with Crippen LogP contribution in [0.15, 0.2) is 18.2 Å². The molecule has 1 N–H and O–H groups in total. The van der Waals surface area contributed by atoms with Gasteiger partial charge in [-0.3, -0.25) is 4.79 Å². The molecule has 0 aliphatic rings. The zero-order valence-electron chi connectivity index (χ0n) is 9.48. The summed E-state index contributed by atoms with van der Waals surface area (Å²) in [6.07, 6.45) is 0. The van der Waals surface area contributed by atoms with Crippen molar-refractivity contribution in [2.45, 2.75) is 19.8 Å². The summed E-state index contributed by atoms with van der Waals surface area (Å²) in [4.78, 5) is 15.2. The molecule has 0 aliphatic heterocycles. The van der Waals surface area contributed by atoms with Crippen LogP contribution in [0.1, 0.15) is 24.8 Å². The number of carboxylic acid groups (broad SMARTS) is 1. The van der Waals surface area contributed by atoms with Gasteiger partial charge in [0.25, 0.3) is 0 Å². The summed E-state index contributed by atoms with van der Waals surface area (Å²) >= 11 is 1.42. The number of carboxylic acids is 1. The van der Waals surface area contributed by atoms with Crippen LogP contribution in [0.4, 0.5) is 4.39 Å². The third kappa shape index (κ3) is 2.29. The predicted octanol–water partition coefficient (Wildman–Crippen LogP) is 3.26. The number of benzene rings is 1. The smallest absolute Gasteiger partial charge is 0.306 e. The van der Waals surface area contributed by atoms with Crippen molar-refractivity contribution in [2.75, 3.05) is 0 Å². The van der Waals surface area contributed by atoms with Crippen LogP contribution in [0.25, 0.3) is 10.2 Å². The van der Waals surface area contributed by atoms with Crippen LogP contribution in [-0.2, 0) is 4.79 Å². The summed E-state index contributed by atoms with van der Waals surface area (Å²) in [5.74, 6) is -1.84. The lowest BCUT2D eigenvalue weighted by Gasteiger charge is -2.12. The molecule has 0 radical (unpaired) electrons. The topological polar surface area (TPSA) is 50.2 Å². The predicted molar refractivity (Wildman–Crippen MR) is 64.8 cm³/mol. The Kier molecular flexibility index (Phi) is 3.11. The fourth-order valence-corrected chi connectivity index (χ4v) is 2.65. The van der Waals surface area contributed by atoms with E-state index in [4.69, 9.17) is 5.11 Å². The summed E-state index contributed by atoms with van der Waals surface area (Å²) in [7, 11) is 0. The molecular weight excluding hydrogens is 241 g/mol. The van der Waals surface area contributed by atoms with Crippen molar-refractivity contribution in [3.63, 3.8) is 0 Å². The average Bonchev–Trinajstić information content (AvgIpc) is 2.69. The molecular formula is C12H12FNO2S. The molecule has 5 heteroatoms. The Morgan fingerprint density at radius 1 is 1.47 bits per heavy atom. The van der Waals surface area contributed by atoms with Gasteiger partial charge in [-0.25, -0.2) is 9.37 Å². The highest BCUT2D eigenvalue weighted by atomic mass is 32.1. The third-order valence-corrected chi connectivity index (χ3v) is 4.13. The van der Waals surface area contributed by atoms with E-state index in [2.05, 4.69) is 4.98 Å². The number of thiazole rings is 1. The molecule has 1 aromatic carbocycles. The molecule has 0 spiro atoms. The Bertz CT molecular complexity index is 567. The van der Waals surface area contributed by atoms with Gasteiger partial charge in [0.15, 0.2) is 0 Å². The Labute approximate surface area is 102 Å². The molecule has 2 atom stereocenters. The van der Waals surface area contributed by atoms with Crippen molar-refractivity contribution in [1.29, 1.82) is 0 Å². The van der Waals surface area contributed by atoms with Crippen LogP contribution in [0.3, 0.4) is 0 Å². The van der Waals surface area contributed by atoms with Crippen LogP contribution in [0, 0.1) is 11.7 Å². The number of rotatable bonds is 3. The van der Waals surface area contributed by atoms with Gasteiger partial charge in [-0.1, -0.05) is 13.8 Å². The average molecular weight is 253 g/mol. The summed E-state index contributed by atoms with van der Waals surface area (Å²) < 4.78 is 13.9. The van der Waals surface area contributed by atoms with Gasteiger partial charge in [0.2, 0.25) is 0 Å². The van der Waals surface area contributed by atoms with Crippen LogP contribution < -0.4 is 0 Å². The number of aromatic nitrogens is 1. The number of halogens is 1. The Morgan fingerprint density at radius 2 is 2.18 bits per heavy atom. The first-order chi connectivity index (χ1) is 7.99. The monoisotopic (exact) mass is 253 g/mol. The minimum Gasteiger partial charge on any atom is -0.481 e. The number of hydrogen-bond donors (Lipinski definition) is 1. The van der Waals surface area contributed by atoms with E-state index in [0.717, 1.165) is 9.71 Å². The maximum absolute atomic E-state index is 13.0. The van der Waals surface area contributed by atoms with E-state index >= 15 is 0 Å². The molecule has 0 amide bonds. The van der Waals surface area contributed by atoms with Gasteiger partial charge >= 0.3 is 5.97 Å². The zero-order valence-corrected chi connectivity index (χ0v) is 10.3. The van der Waals surface area contributed by atoms with Gasteiger partial charge < -0.3 is 5.11 Å². The van der Waals surface area contributed by atoms with Crippen molar-refractivity contribution in [2.24, 2.45) is 5.92 Å². The van der Waals surface area contributed by atoms with Crippen LogP contribution in [0.5, 0.6) is 0 Å². The highest BCUT2D eigenvalue weighted by molar-refractivity contribution is 7.18. The zero-order chi connectivity index (χ0) is 12.6. The molecule has 1 heterocycles. The molecule has 90 valence electrons. The molecule has 0 bridgehead atoms. The molecule has 3 nitrogen and oxygen atoms in total. The number of fused-ring (bicyclic) bond motifs is 1. The van der Waals surface area contributed by atoms with Crippen LogP contribution >= 0.6 is 11.3 Å². The number of hydrogen-bond acceptors (Lipinski definition) is 3. The molecule has 17 heavy (non-hydrogen) atoms. The van der Waals surface area contributed by atoms with E-state index < -0.39 is 11.9 Å². The third-order valence-electron chi connectivity index (χ3n) is 2.90. The SMILES string of the molecule is CC(C(=O)O)C(C)c1nc2cc(F)ccc2s1. The van der Waals surface area contributed by atoms with Crippen molar-refractivity contribution in [1.82, 2.24) is 4.98 Å². The minimum absolute atomic E-state index is 0.173. The summed E-state index contributed by atoms with van der Waals surface area (Å²) in [5, 5.41) is 9.69. The second kappa shape index (κ2) is 4.41. The van der Waals surface area contributed by atoms with E-state index in [-0.39, 0.29) is 11.7 Å². The van der Waals surface area contributed by atoms with Crippen LogP contribution in [0.2, 0.25) is 0 Å². The molecule has 2 aromatic rings. The summed E-state index contributed by atoms with van der Waals surface area (Å²) in [6, 6.07) is 4.42. The second-order valence-electron chi connectivity index (χ2n) is 4.08. The number of carbonyl (C=O) groups is 1. The van der Waals surface area contributed by atoms with E-state index in [1.165, 1.54) is 23.5 Å². The Balaban J connectivity index is 2.39. The van der Waals surface area contributed by atoms with Crippen molar-refractivity contribution >= 4 is 27.5 Å². The minimum atomic E-state index is -0.845. The van der Waals surface area contributed by atoms with E-state index in [1.807, 2.05) is 6.92 Å². The first kappa shape index (κ1) is 12.0. The highest BCUT2D eigenvalue weighted by Crippen LogP contribution is 2.31. The lowest BCUT2D eigenvalue weighted by molar-refractivity contribution is -0.141. The second-order valence-corrected chi connectivity index (χ2v) is 5.14. The van der Waals surface area contributed by atoms with Gasteiger partial charge in [-0.2, -0.15) is 0 Å². The van der Waals surface area contributed by atoms with Crippen molar-refractivity contribution < 1.29 is 14.3 Å². The Morgan fingerprint density at radius 3 is 2.82 bits per heavy atom. The molecule has 0 aliphatic carbocycles. The van der Waals surface area contributed by atoms with Gasteiger partial charge in [0.1, 0.15) is 5.82 Å². The van der Waals surface area contributed by atoms with Gasteiger partial charge in [0, 0.05) is 12.0 Å². The largest absolute Gasteiger partial charge is 0.481 e. The fraction of sp³-hybridized carbons (Fsp3) is 0.333. The summed E-state index contributed by atoms with van der Waals surface area (Å²) in [6.45, 7) is 3.48. The van der Waals surface area contributed by atoms with Crippen LogP contribution in [-0.4, -0.2) is 16.1 Å². The lowest BCUT2D eigenvalue weighted by Crippen LogP contribution is -2.16. The molecule has 2 unspecified atom stereocenters. The normalized spacial score (nSPS) is 14.8. The fourth-order valence-electron chi connectivity index (χ4n) is 1.54. The van der Waals surface area contributed by atoms with E-state index in [1.54, 1.807) is 13.0 Å². The molecule has 1 aromatic heterocycles. The number of nitrogens with zero attached hydrogens (tertiary/aromatic N) is 1. The summed E-state index contributed by atoms with van der Waals surface area (Å²) in [5.41, 5.74) is 0.592.